The van der Waals surface area contributed by atoms with Crippen molar-refractivity contribution in [3.05, 3.63) is 42.5 Å². The normalized spacial score (nSPS) is 10.6. The van der Waals surface area contributed by atoms with Gasteiger partial charge in [-0.3, -0.25) is 4.79 Å². The Bertz CT molecular complexity index is 463. The Morgan fingerprint density at radius 2 is 1.32 bits per heavy atom. The highest BCUT2D eigenvalue weighted by atomic mass is 16.1. The minimum absolute atomic E-state index is 0.159. The van der Waals surface area contributed by atoms with Gasteiger partial charge in [0.1, 0.15) is 0 Å². The van der Waals surface area contributed by atoms with E-state index in [0.717, 1.165) is 12.1 Å². The molecule has 0 saturated carbocycles. The van der Waals surface area contributed by atoms with Crippen molar-refractivity contribution in [1.82, 2.24) is 0 Å². The molecule has 1 amide bonds. The molecule has 0 aliphatic rings. The number of carbonyl (C=O) groups excluding carboxylic acids is 1. The van der Waals surface area contributed by atoms with Gasteiger partial charge in [0.15, 0.2) is 0 Å². The molecule has 0 radical (unpaired) electrons. The molecule has 2 nitrogen and oxygen atoms in total. The lowest BCUT2D eigenvalue weighted by Crippen LogP contribution is -2.06. The zero-order valence-corrected chi connectivity index (χ0v) is 16.2. The molecule has 1 N–H and O–H groups in total. The number of hydrogen-bond acceptors (Lipinski definition) is 1. The lowest BCUT2D eigenvalue weighted by atomic mass is 10.0. The maximum Gasteiger partial charge on any atom is 0.247 e. The van der Waals surface area contributed by atoms with E-state index in [1.54, 1.807) is 0 Å². The summed E-state index contributed by atoms with van der Waals surface area (Å²) in [4.78, 5) is 11.2. The summed E-state index contributed by atoms with van der Waals surface area (Å²) < 4.78 is 0. The zero-order chi connectivity index (χ0) is 18.2. The summed E-state index contributed by atoms with van der Waals surface area (Å²) in [6.07, 6.45) is 19.1. The molecule has 0 atom stereocenters. The van der Waals surface area contributed by atoms with Crippen molar-refractivity contribution in [3.63, 3.8) is 0 Å². The molecule has 0 spiro atoms. The third kappa shape index (κ3) is 11.6. The van der Waals surface area contributed by atoms with Crippen molar-refractivity contribution in [2.24, 2.45) is 0 Å². The van der Waals surface area contributed by atoms with E-state index in [1.165, 1.54) is 88.7 Å². The average Bonchev–Trinajstić information content (AvgIpc) is 2.64. The zero-order valence-electron chi connectivity index (χ0n) is 16.2. The molecule has 0 aliphatic carbocycles. The van der Waals surface area contributed by atoms with Crippen LogP contribution in [-0.4, -0.2) is 5.91 Å². The average molecular weight is 344 g/mol. The molecule has 1 aromatic rings. The van der Waals surface area contributed by atoms with E-state index in [4.69, 9.17) is 0 Å². The van der Waals surface area contributed by atoms with Gasteiger partial charge in [-0.05, 0) is 36.6 Å². The van der Waals surface area contributed by atoms with Gasteiger partial charge in [0.25, 0.3) is 0 Å². The second-order valence-corrected chi connectivity index (χ2v) is 7.03. The summed E-state index contributed by atoms with van der Waals surface area (Å²) in [5.41, 5.74) is 2.19. The van der Waals surface area contributed by atoms with Crippen molar-refractivity contribution < 1.29 is 4.79 Å². The number of amides is 1. The summed E-state index contributed by atoms with van der Waals surface area (Å²) >= 11 is 0. The number of carbonyl (C=O) groups is 1. The monoisotopic (exact) mass is 343 g/mol. The van der Waals surface area contributed by atoms with E-state index >= 15 is 0 Å². The van der Waals surface area contributed by atoms with Crippen LogP contribution in [0.15, 0.2) is 36.9 Å². The minimum atomic E-state index is -0.159. The van der Waals surface area contributed by atoms with Crippen LogP contribution in [0.2, 0.25) is 0 Å². The Labute approximate surface area is 155 Å². The quantitative estimate of drug-likeness (QED) is 0.268. The summed E-state index contributed by atoms with van der Waals surface area (Å²) in [6, 6.07) is 8.16. The maximum absolute atomic E-state index is 11.2. The highest BCUT2D eigenvalue weighted by Gasteiger charge is 1.98. The Morgan fingerprint density at radius 1 is 0.840 bits per heavy atom. The van der Waals surface area contributed by atoms with Gasteiger partial charge in [0, 0.05) is 5.69 Å². The van der Waals surface area contributed by atoms with E-state index in [9.17, 15) is 4.79 Å². The van der Waals surface area contributed by atoms with Crippen molar-refractivity contribution in [2.45, 2.75) is 90.4 Å². The Balaban J connectivity index is 1.96. The fraction of sp³-hybridized carbons (Fsp3) is 0.609. The SMILES string of the molecule is C=CC(=O)Nc1ccc(CCCCCCCCCCCCCC)cc1. The van der Waals surface area contributed by atoms with Gasteiger partial charge in [0.2, 0.25) is 5.91 Å². The molecule has 0 heterocycles. The summed E-state index contributed by atoms with van der Waals surface area (Å²) in [5, 5.41) is 2.78. The Morgan fingerprint density at radius 3 is 1.80 bits per heavy atom. The topological polar surface area (TPSA) is 29.1 Å². The van der Waals surface area contributed by atoms with Crippen LogP contribution in [-0.2, 0) is 11.2 Å². The summed E-state index contributed by atoms with van der Waals surface area (Å²) in [5.74, 6) is -0.159. The van der Waals surface area contributed by atoms with Crippen LogP contribution in [0.25, 0.3) is 0 Å². The van der Waals surface area contributed by atoms with Crippen LogP contribution in [0.1, 0.15) is 89.5 Å². The lowest BCUT2D eigenvalue weighted by molar-refractivity contribution is -0.111. The fourth-order valence-electron chi connectivity index (χ4n) is 3.12. The van der Waals surface area contributed by atoms with Gasteiger partial charge in [-0.15, -0.1) is 0 Å². The third-order valence-electron chi connectivity index (χ3n) is 4.73. The van der Waals surface area contributed by atoms with Crippen molar-refractivity contribution in [1.29, 1.82) is 0 Å². The van der Waals surface area contributed by atoms with Crippen LogP contribution in [0, 0.1) is 0 Å². The van der Waals surface area contributed by atoms with E-state index in [2.05, 4.69) is 31.0 Å². The predicted octanol–water partition coefficient (Wildman–Crippen LogP) is 7.05. The highest BCUT2D eigenvalue weighted by molar-refractivity contribution is 5.98. The molecule has 25 heavy (non-hydrogen) atoms. The number of benzene rings is 1. The van der Waals surface area contributed by atoms with E-state index in [-0.39, 0.29) is 5.91 Å². The largest absolute Gasteiger partial charge is 0.323 e. The van der Waals surface area contributed by atoms with Gasteiger partial charge in [0.05, 0.1) is 0 Å². The third-order valence-corrected chi connectivity index (χ3v) is 4.73. The van der Waals surface area contributed by atoms with Crippen LogP contribution in [0.4, 0.5) is 5.69 Å². The highest BCUT2D eigenvalue weighted by Crippen LogP contribution is 2.15. The molecule has 2 heteroatoms. The molecule has 0 saturated heterocycles. The number of nitrogens with one attached hydrogen (secondary N) is 1. The second-order valence-electron chi connectivity index (χ2n) is 7.03. The molecule has 0 aliphatic heterocycles. The van der Waals surface area contributed by atoms with E-state index in [0.29, 0.717) is 0 Å². The number of hydrogen-bond donors (Lipinski definition) is 1. The fourth-order valence-corrected chi connectivity index (χ4v) is 3.12. The van der Waals surface area contributed by atoms with Gasteiger partial charge in [-0.25, -0.2) is 0 Å². The summed E-state index contributed by atoms with van der Waals surface area (Å²) in [7, 11) is 0. The molecule has 0 fully saturated rings. The Kier molecular flexibility index (Phi) is 12.7. The molecular formula is C23H37NO. The van der Waals surface area contributed by atoms with Crippen molar-refractivity contribution in [3.8, 4) is 0 Å². The smallest absolute Gasteiger partial charge is 0.247 e. The van der Waals surface area contributed by atoms with Crippen LogP contribution in [0.5, 0.6) is 0 Å². The first-order valence-electron chi connectivity index (χ1n) is 10.3. The van der Waals surface area contributed by atoms with E-state index < -0.39 is 0 Å². The molecule has 0 bridgehead atoms. The summed E-state index contributed by atoms with van der Waals surface area (Å²) in [6.45, 7) is 5.74. The molecule has 1 rings (SSSR count). The van der Waals surface area contributed by atoms with Crippen molar-refractivity contribution in [2.75, 3.05) is 5.32 Å². The molecule has 1 aromatic carbocycles. The molecule has 140 valence electrons. The van der Waals surface area contributed by atoms with Gasteiger partial charge < -0.3 is 5.32 Å². The van der Waals surface area contributed by atoms with Gasteiger partial charge >= 0.3 is 0 Å². The molecule has 0 aromatic heterocycles. The molecule has 0 unspecified atom stereocenters. The molecular weight excluding hydrogens is 306 g/mol. The first-order valence-corrected chi connectivity index (χ1v) is 10.3. The Hall–Kier alpha value is -1.57. The van der Waals surface area contributed by atoms with Crippen LogP contribution >= 0.6 is 0 Å². The van der Waals surface area contributed by atoms with E-state index in [1.807, 2.05) is 12.1 Å². The van der Waals surface area contributed by atoms with Crippen molar-refractivity contribution >= 4 is 11.6 Å². The minimum Gasteiger partial charge on any atom is -0.323 e. The van der Waals surface area contributed by atoms with Gasteiger partial charge in [-0.1, -0.05) is 96.3 Å². The number of rotatable bonds is 15. The predicted molar refractivity (Wildman–Crippen MR) is 110 cm³/mol. The van der Waals surface area contributed by atoms with Crippen LogP contribution in [0.3, 0.4) is 0 Å². The lowest BCUT2D eigenvalue weighted by Gasteiger charge is -2.05. The number of unbranched alkanes of at least 4 members (excludes halogenated alkanes) is 11. The van der Waals surface area contributed by atoms with Gasteiger partial charge in [-0.2, -0.15) is 0 Å². The number of aryl methyl sites for hydroxylation is 1. The second kappa shape index (κ2) is 14.7. The van der Waals surface area contributed by atoms with Crippen LogP contribution < -0.4 is 5.32 Å². The number of anilines is 1. The standard InChI is InChI=1S/C23H37NO/c1-3-5-6-7-8-9-10-11-12-13-14-15-16-21-17-19-22(20-18-21)24-23(25)4-2/h4,17-20H,2-3,5-16H2,1H3,(H,24,25). The first kappa shape index (κ1) is 21.5. The maximum atomic E-state index is 11.2. The first-order chi connectivity index (χ1) is 12.3.